The third-order valence-corrected chi connectivity index (χ3v) is 6.84. The highest BCUT2D eigenvalue weighted by molar-refractivity contribution is 5.92. The minimum atomic E-state index is -0.759. The molecule has 2 amide bonds. The number of aromatic nitrogens is 1. The molecule has 1 aromatic heterocycles. The van der Waals surface area contributed by atoms with Crippen molar-refractivity contribution < 1.29 is 19.5 Å². The molecule has 3 atom stereocenters. The van der Waals surface area contributed by atoms with Crippen molar-refractivity contribution in [2.24, 2.45) is 5.92 Å². The van der Waals surface area contributed by atoms with Crippen LogP contribution in [0.25, 0.3) is 16.5 Å². The predicted molar refractivity (Wildman–Crippen MR) is 132 cm³/mol. The summed E-state index contributed by atoms with van der Waals surface area (Å²) in [6, 6.07) is 18.8. The van der Waals surface area contributed by atoms with Crippen molar-refractivity contribution >= 4 is 28.3 Å². The molecule has 3 aromatic rings. The second kappa shape index (κ2) is 9.85. The number of hydroxylamine groups is 1. The molecular weight excluding hydrogens is 444 g/mol. The Hall–Kier alpha value is -3.75. The molecule has 2 N–H and O–H groups in total. The maximum absolute atomic E-state index is 13.6. The van der Waals surface area contributed by atoms with Crippen LogP contribution in [0.3, 0.4) is 0 Å². The largest absolute Gasteiger partial charge is 0.488 e. The van der Waals surface area contributed by atoms with Gasteiger partial charge in [-0.05, 0) is 42.8 Å². The minimum Gasteiger partial charge on any atom is -0.488 e. The van der Waals surface area contributed by atoms with E-state index in [-0.39, 0.29) is 12.0 Å². The number of nitrogens with one attached hydrogen (secondary N) is 1. The summed E-state index contributed by atoms with van der Waals surface area (Å²) in [4.78, 5) is 34.3. The molecule has 8 heteroatoms. The molecule has 2 aliphatic rings. The van der Waals surface area contributed by atoms with Gasteiger partial charge in [0.25, 0.3) is 0 Å². The number of hydrogen-bond donors (Lipinski definition) is 2. The Morgan fingerprint density at radius 2 is 1.86 bits per heavy atom. The molecule has 0 radical (unpaired) electrons. The van der Waals surface area contributed by atoms with Crippen LogP contribution in [0.15, 0.2) is 72.9 Å². The third-order valence-electron chi connectivity index (χ3n) is 6.84. The highest BCUT2D eigenvalue weighted by atomic mass is 16.5. The fourth-order valence-electron chi connectivity index (χ4n) is 5.13. The highest BCUT2D eigenvalue weighted by Gasteiger charge is 2.45. The molecule has 3 heterocycles. The Kier molecular flexibility index (Phi) is 6.48. The molecule has 0 spiro atoms. The summed E-state index contributed by atoms with van der Waals surface area (Å²) in [7, 11) is 1.82. The van der Waals surface area contributed by atoms with Gasteiger partial charge < -0.3 is 9.64 Å². The van der Waals surface area contributed by atoms with Gasteiger partial charge in [-0.15, -0.1) is 0 Å². The fourth-order valence-corrected chi connectivity index (χ4v) is 5.13. The van der Waals surface area contributed by atoms with Crippen LogP contribution >= 0.6 is 0 Å². The smallest absolute Gasteiger partial charge is 0.248 e. The molecule has 35 heavy (non-hydrogen) atoms. The number of fused-ring (bicyclic) bond motifs is 1. The van der Waals surface area contributed by atoms with E-state index in [1.54, 1.807) is 16.6 Å². The van der Waals surface area contributed by atoms with Crippen LogP contribution in [0.4, 0.5) is 0 Å². The van der Waals surface area contributed by atoms with Gasteiger partial charge in [0.1, 0.15) is 17.9 Å². The van der Waals surface area contributed by atoms with Crippen LogP contribution in [-0.2, 0) is 9.59 Å². The summed E-state index contributed by atoms with van der Waals surface area (Å²) >= 11 is 0. The average Bonchev–Trinajstić information content (AvgIpc) is 3.39. The zero-order chi connectivity index (χ0) is 24.4. The standard InChI is InChI=1S/C27H28N4O4/c1-30-17-20(35-24-11-13-28-23-10-6-5-9-21(23)24)15-22(26(32)29-34)25(30)27(33)31-14-12-19(16-31)18-7-3-2-4-8-18/h2-13,20,22,25,34H,14-17H2,1H3,(H,29,32)/t20-,22-,25-/m0/s1. The van der Waals surface area contributed by atoms with Crippen LogP contribution in [-0.4, -0.2) is 70.6 Å². The second-order valence-electron chi connectivity index (χ2n) is 9.08. The zero-order valence-electron chi connectivity index (χ0n) is 19.5. The van der Waals surface area contributed by atoms with Crippen molar-refractivity contribution in [1.29, 1.82) is 0 Å². The Morgan fingerprint density at radius 1 is 1.09 bits per heavy atom. The Bertz CT molecular complexity index is 1260. The number of amides is 2. The fraction of sp³-hybridized carbons (Fsp3) is 0.296. The number of nitrogens with zero attached hydrogens (tertiary/aromatic N) is 3. The van der Waals surface area contributed by atoms with Gasteiger partial charge >= 0.3 is 0 Å². The van der Waals surface area contributed by atoms with Crippen LogP contribution in [0.5, 0.6) is 5.75 Å². The summed E-state index contributed by atoms with van der Waals surface area (Å²) in [6.45, 7) is 1.45. The number of likely N-dealkylation sites (N-methyl/N-ethyl adjacent to an activating group) is 1. The molecule has 0 aliphatic carbocycles. The Labute approximate surface area is 203 Å². The topological polar surface area (TPSA) is 95.0 Å². The molecule has 2 aliphatic heterocycles. The maximum atomic E-state index is 13.6. The number of hydrogen-bond acceptors (Lipinski definition) is 6. The molecule has 8 nitrogen and oxygen atoms in total. The monoisotopic (exact) mass is 472 g/mol. The molecule has 0 bridgehead atoms. The molecule has 1 saturated heterocycles. The van der Waals surface area contributed by atoms with E-state index < -0.39 is 17.9 Å². The molecule has 180 valence electrons. The molecule has 0 unspecified atom stereocenters. The number of carbonyl (C=O) groups excluding carboxylic acids is 2. The van der Waals surface area contributed by atoms with Gasteiger partial charge in [0.2, 0.25) is 11.8 Å². The van der Waals surface area contributed by atoms with Gasteiger partial charge in [0, 0.05) is 31.2 Å². The van der Waals surface area contributed by atoms with Crippen LogP contribution in [0.2, 0.25) is 0 Å². The summed E-state index contributed by atoms with van der Waals surface area (Å²) in [5.41, 5.74) is 4.76. The number of carbonyl (C=O) groups is 2. The van der Waals surface area contributed by atoms with Crippen LogP contribution < -0.4 is 10.2 Å². The van der Waals surface area contributed by atoms with E-state index in [0.717, 1.165) is 22.0 Å². The van der Waals surface area contributed by atoms with E-state index in [2.05, 4.69) is 11.1 Å². The first-order chi connectivity index (χ1) is 17.0. The first kappa shape index (κ1) is 23.0. The predicted octanol–water partition coefficient (Wildman–Crippen LogP) is 2.73. The van der Waals surface area contributed by atoms with Gasteiger partial charge in [-0.1, -0.05) is 48.5 Å². The lowest BCUT2D eigenvalue weighted by atomic mass is 9.86. The van der Waals surface area contributed by atoms with Gasteiger partial charge in [-0.2, -0.15) is 0 Å². The third kappa shape index (κ3) is 4.62. The van der Waals surface area contributed by atoms with Crippen molar-refractivity contribution in [2.45, 2.75) is 18.6 Å². The summed E-state index contributed by atoms with van der Waals surface area (Å²) in [5, 5.41) is 10.3. The number of rotatable bonds is 5. The van der Waals surface area contributed by atoms with Crippen molar-refractivity contribution in [3.05, 3.63) is 78.5 Å². The van der Waals surface area contributed by atoms with Gasteiger partial charge in [0.05, 0.1) is 11.4 Å². The maximum Gasteiger partial charge on any atom is 0.248 e. The van der Waals surface area contributed by atoms with Gasteiger partial charge in [-0.3, -0.25) is 24.7 Å². The van der Waals surface area contributed by atoms with E-state index in [1.807, 2.05) is 72.6 Å². The number of para-hydroxylation sites is 1. The van der Waals surface area contributed by atoms with Crippen LogP contribution in [0.1, 0.15) is 12.0 Å². The molecule has 1 fully saturated rings. The normalized spacial score (nSPS) is 22.6. The number of benzene rings is 2. The van der Waals surface area contributed by atoms with Gasteiger partial charge in [-0.25, -0.2) is 5.48 Å². The summed E-state index contributed by atoms with van der Waals surface area (Å²) in [6.07, 6.45) is 3.71. The van der Waals surface area contributed by atoms with Crippen LogP contribution in [0, 0.1) is 5.92 Å². The number of piperidine rings is 1. The lowest BCUT2D eigenvalue weighted by molar-refractivity contribution is -0.150. The van der Waals surface area contributed by atoms with E-state index in [0.29, 0.717) is 31.8 Å². The lowest BCUT2D eigenvalue weighted by Crippen LogP contribution is -2.60. The quantitative estimate of drug-likeness (QED) is 0.438. The molecule has 2 aromatic carbocycles. The number of likely N-dealkylation sites (tertiary alicyclic amines) is 1. The van der Waals surface area contributed by atoms with Crippen molar-refractivity contribution in [3.8, 4) is 5.75 Å². The summed E-state index contributed by atoms with van der Waals surface area (Å²) in [5.74, 6) is -0.794. The number of pyridine rings is 1. The van der Waals surface area contributed by atoms with E-state index in [9.17, 15) is 14.8 Å². The van der Waals surface area contributed by atoms with Crippen molar-refractivity contribution in [1.82, 2.24) is 20.3 Å². The second-order valence-corrected chi connectivity index (χ2v) is 9.08. The van der Waals surface area contributed by atoms with E-state index in [4.69, 9.17) is 4.74 Å². The zero-order valence-corrected chi connectivity index (χ0v) is 19.5. The lowest BCUT2D eigenvalue weighted by Gasteiger charge is -2.42. The first-order valence-corrected chi connectivity index (χ1v) is 11.7. The number of ether oxygens (including phenoxy) is 1. The minimum absolute atomic E-state index is 0.129. The first-order valence-electron chi connectivity index (χ1n) is 11.7. The highest BCUT2D eigenvalue weighted by Crippen LogP contribution is 2.32. The van der Waals surface area contributed by atoms with Gasteiger partial charge in [0.15, 0.2) is 0 Å². The molecule has 5 rings (SSSR count). The Morgan fingerprint density at radius 3 is 2.66 bits per heavy atom. The summed E-state index contributed by atoms with van der Waals surface area (Å²) < 4.78 is 6.31. The molecular formula is C27H28N4O4. The Balaban J connectivity index is 1.33. The average molecular weight is 473 g/mol. The SMILES string of the molecule is CN1C[C@@H](Oc2ccnc3ccccc23)C[C@H](C(=O)NO)[C@H]1C(=O)N1CC=C(c2ccccc2)C1. The van der Waals surface area contributed by atoms with E-state index >= 15 is 0 Å². The molecule has 0 saturated carbocycles. The van der Waals surface area contributed by atoms with Crippen molar-refractivity contribution in [2.75, 3.05) is 26.7 Å². The van der Waals surface area contributed by atoms with E-state index in [1.165, 1.54) is 0 Å². The van der Waals surface area contributed by atoms with Crippen molar-refractivity contribution in [3.63, 3.8) is 0 Å².